The van der Waals surface area contributed by atoms with Crippen molar-refractivity contribution in [3.63, 3.8) is 0 Å². The molecule has 144 valence electrons. The van der Waals surface area contributed by atoms with E-state index in [4.69, 9.17) is 0 Å². The number of carbonyl (C=O) groups is 1. The molecular weight excluding hydrogens is 388 g/mol. The van der Waals surface area contributed by atoms with E-state index in [0.29, 0.717) is 12.3 Å². The average molecular weight is 411 g/mol. The van der Waals surface area contributed by atoms with E-state index in [-0.39, 0.29) is 11.8 Å². The third kappa shape index (κ3) is 3.91. The van der Waals surface area contributed by atoms with Crippen LogP contribution in [0.2, 0.25) is 0 Å². The molecule has 0 aliphatic carbocycles. The summed E-state index contributed by atoms with van der Waals surface area (Å²) in [6.07, 6.45) is 0. The molecule has 28 heavy (non-hydrogen) atoms. The molecule has 0 saturated heterocycles. The summed E-state index contributed by atoms with van der Waals surface area (Å²) < 4.78 is 3.33. The average Bonchev–Trinajstić information content (AvgIpc) is 3.31. The molecule has 0 bridgehead atoms. The Hall–Kier alpha value is -2.38. The zero-order chi connectivity index (χ0) is 19.5. The van der Waals surface area contributed by atoms with Crippen molar-refractivity contribution < 1.29 is 4.79 Å². The highest BCUT2D eigenvalue weighted by Gasteiger charge is 2.15. The Bertz CT molecular complexity index is 1080. The maximum absolute atomic E-state index is 12.4. The van der Waals surface area contributed by atoms with Gasteiger partial charge in [0.2, 0.25) is 5.91 Å². The molecule has 0 spiro atoms. The number of imidazole rings is 1. The number of carbonyl (C=O) groups excluding carboxylic acids is 1. The van der Waals surface area contributed by atoms with Gasteiger partial charge in [0.15, 0.2) is 5.16 Å². The van der Waals surface area contributed by atoms with Crippen LogP contribution in [0.5, 0.6) is 0 Å². The Morgan fingerprint density at radius 2 is 1.89 bits per heavy atom. The highest BCUT2D eigenvalue weighted by Crippen LogP contribution is 2.27. The van der Waals surface area contributed by atoms with Crippen LogP contribution >= 0.6 is 23.1 Å². The molecule has 5 nitrogen and oxygen atoms in total. The highest BCUT2D eigenvalue weighted by atomic mass is 32.2. The smallest absolute Gasteiger partial charge is 0.230 e. The van der Waals surface area contributed by atoms with Crippen LogP contribution in [0, 0.1) is 0 Å². The van der Waals surface area contributed by atoms with Gasteiger partial charge in [-0.2, -0.15) is 0 Å². The third-order valence-corrected chi connectivity index (χ3v) is 6.85. The molecule has 2 aromatic carbocycles. The largest absolute Gasteiger partial charge is 0.355 e. The minimum Gasteiger partial charge on any atom is -0.355 e. The molecule has 0 aliphatic heterocycles. The van der Waals surface area contributed by atoms with Crippen molar-refractivity contribution in [1.29, 1.82) is 0 Å². The van der Waals surface area contributed by atoms with Crippen molar-refractivity contribution in [2.45, 2.75) is 31.5 Å². The lowest BCUT2D eigenvalue weighted by atomic mass is 10.2. The van der Waals surface area contributed by atoms with Gasteiger partial charge < -0.3 is 9.88 Å². The van der Waals surface area contributed by atoms with Gasteiger partial charge in [-0.25, -0.2) is 9.97 Å². The molecule has 0 fully saturated rings. The van der Waals surface area contributed by atoms with Gasteiger partial charge in [-0.1, -0.05) is 43.0 Å². The molecule has 4 aromatic rings. The van der Waals surface area contributed by atoms with Crippen molar-refractivity contribution in [2.75, 3.05) is 12.3 Å². The van der Waals surface area contributed by atoms with Crippen molar-refractivity contribution >= 4 is 50.3 Å². The van der Waals surface area contributed by atoms with Crippen LogP contribution in [0.4, 0.5) is 0 Å². The number of nitrogens with zero attached hydrogens (tertiary/aromatic N) is 3. The fraction of sp³-hybridized carbons (Fsp3) is 0.286. The van der Waals surface area contributed by atoms with Crippen LogP contribution in [0.25, 0.3) is 21.3 Å². The maximum Gasteiger partial charge on any atom is 0.230 e. The van der Waals surface area contributed by atoms with Gasteiger partial charge in [0.1, 0.15) is 0 Å². The standard InChI is InChI=1S/C21H22N4OS2/c1-3-25-17-10-6-4-8-15(17)24-21(25)27-13-19(26)22-12-14(2)20-23-16-9-5-7-11-18(16)28-20/h4-11,14H,3,12-13H2,1-2H3,(H,22,26). The second-order valence-corrected chi connectivity index (χ2v) is 8.65. The van der Waals surface area contributed by atoms with Crippen LogP contribution in [0.1, 0.15) is 24.8 Å². The number of thiazole rings is 1. The van der Waals surface area contributed by atoms with Gasteiger partial charge >= 0.3 is 0 Å². The van der Waals surface area contributed by atoms with Crippen molar-refractivity contribution in [3.8, 4) is 0 Å². The van der Waals surface area contributed by atoms with Gasteiger partial charge in [-0.05, 0) is 31.2 Å². The van der Waals surface area contributed by atoms with Gasteiger partial charge in [0.25, 0.3) is 0 Å². The molecule has 1 N–H and O–H groups in total. The number of aromatic nitrogens is 3. The van der Waals surface area contributed by atoms with E-state index in [1.165, 1.54) is 16.5 Å². The van der Waals surface area contributed by atoms with E-state index in [0.717, 1.165) is 33.3 Å². The zero-order valence-corrected chi connectivity index (χ0v) is 17.5. The summed E-state index contributed by atoms with van der Waals surface area (Å²) in [5, 5.41) is 4.98. The highest BCUT2D eigenvalue weighted by molar-refractivity contribution is 7.99. The number of hydrogen-bond donors (Lipinski definition) is 1. The fourth-order valence-electron chi connectivity index (χ4n) is 3.11. The van der Waals surface area contributed by atoms with E-state index in [9.17, 15) is 4.79 Å². The van der Waals surface area contributed by atoms with E-state index in [1.54, 1.807) is 11.3 Å². The Balaban J connectivity index is 1.34. The molecule has 1 atom stereocenters. The first kappa shape index (κ1) is 19.0. The molecule has 2 aromatic heterocycles. The van der Waals surface area contributed by atoms with Gasteiger partial charge in [0.05, 0.1) is 32.0 Å². The summed E-state index contributed by atoms with van der Waals surface area (Å²) in [7, 11) is 0. The monoisotopic (exact) mass is 410 g/mol. The maximum atomic E-state index is 12.4. The molecule has 1 amide bonds. The molecule has 7 heteroatoms. The fourth-order valence-corrected chi connectivity index (χ4v) is 5.03. The first-order chi connectivity index (χ1) is 13.7. The molecule has 4 rings (SSSR count). The summed E-state index contributed by atoms with van der Waals surface area (Å²) in [6.45, 7) is 5.61. The second kappa shape index (κ2) is 8.32. The summed E-state index contributed by atoms with van der Waals surface area (Å²) in [5.41, 5.74) is 3.10. The quantitative estimate of drug-likeness (QED) is 0.450. The topological polar surface area (TPSA) is 59.8 Å². The number of thioether (sulfide) groups is 1. The number of aryl methyl sites for hydroxylation is 1. The van der Waals surface area contributed by atoms with Gasteiger partial charge in [-0.15, -0.1) is 11.3 Å². The molecule has 0 aliphatic rings. The molecule has 2 heterocycles. The number of rotatable bonds is 7. The Morgan fingerprint density at radius 3 is 2.68 bits per heavy atom. The predicted molar refractivity (Wildman–Crippen MR) is 117 cm³/mol. The van der Waals surface area contributed by atoms with Gasteiger partial charge in [0, 0.05) is 19.0 Å². The summed E-state index contributed by atoms with van der Waals surface area (Å²) in [5.74, 6) is 0.565. The SMILES string of the molecule is CCn1c(SCC(=O)NCC(C)c2nc3ccccc3s2)nc2ccccc21. The van der Waals surface area contributed by atoms with E-state index in [1.807, 2.05) is 36.4 Å². The third-order valence-electron chi connectivity index (χ3n) is 4.61. The minimum absolute atomic E-state index is 0.0210. The molecule has 0 radical (unpaired) electrons. The number of hydrogen-bond acceptors (Lipinski definition) is 5. The first-order valence-corrected chi connectivity index (χ1v) is 11.2. The Kier molecular flexibility index (Phi) is 5.64. The van der Waals surface area contributed by atoms with Crippen molar-refractivity contribution in [3.05, 3.63) is 53.5 Å². The second-order valence-electron chi connectivity index (χ2n) is 6.64. The van der Waals surface area contributed by atoms with Crippen LogP contribution < -0.4 is 5.32 Å². The lowest BCUT2D eigenvalue weighted by molar-refractivity contribution is -0.118. The van der Waals surface area contributed by atoms with E-state index < -0.39 is 0 Å². The molecular formula is C21H22N4OS2. The van der Waals surface area contributed by atoms with Crippen LogP contribution in [-0.4, -0.2) is 32.7 Å². The lowest BCUT2D eigenvalue weighted by Crippen LogP contribution is -2.29. The summed E-state index contributed by atoms with van der Waals surface area (Å²) >= 11 is 3.18. The molecule has 1 unspecified atom stereocenters. The number of fused-ring (bicyclic) bond motifs is 2. The number of amides is 1. The van der Waals surface area contributed by atoms with Crippen LogP contribution in [0.15, 0.2) is 53.7 Å². The summed E-state index contributed by atoms with van der Waals surface area (Å²) in [4.78, 5) is 21.7. The van der Waals surface area contributed by atoms with Crippen molar-refractivity contribution in [1.82, 2.24) is 19.9 Å². The first-order valence-electron chi connectivity index (χ1n) is 9.36. The number of benzene rings is 2. The van der Waals surface area contributed by atoms with Gasteiger partial charge in [-0.3, -0.25) is 4.79 Å². The zero-order valence-electron chi connectivity index (χ0n) is 15.9. The normalized spacial score (nSPS) is 12.5. The van der Waals surface area contributed by atoms with Crippen LogP contribution in [-0.2, 0) is 11.3 Å². The number of nitrogens with one attached hydrogen (secondary N) is 1. The molecule has 0 saturated carbocycles. The van der Waals surface area contributed by atoms with E-state index >= 15 is 0 Å². The predicted octanol–water partition coefficient (Wildman–Crippen LogP) is 4.68. The Labute approximate surface area is 172 Å². The Morgan fingerprint density at radius 1 is 1.14 bits per heavy atom. The summed E-state index contributed by atoms with van der Waals surface area (Å²) in [6, 6.07) is 16.2. The van der Waals surface area contributed by atoms with Crippen molar-refractivity contribution in [2.24, 2.45) is 0 Å². The lowest BCUT2D eigenvalue weighted by Gasteiger charge is -2.10. The van der Waals surface area contributed by atoms with E-state index in [2.05, 4.69) is 45.8 Å². The number of para-hydroxylation sites is 3. The minimum atomic E-state index is 0.0210. The van der Waals surface area contributed by atoms with Crippen LogP contribution in [0.3, 0.4) is 0 Å².